The molecule has 0 saturated carbocycles. The van der Waals surface area contributed by atoms with Gasteiger partial charge in [0.1, 0.15) is 0 Å². The summed E-state index contributed by atoms with van der Waals surface area (Å²) in [5, 5.41) is 7.42. The molecule has 0 fully saturated rings. The molecule has 4 nitrogen and oxygen atoms in total. The van der Waals surface area contributed by atoms with Gasteiger partial charge in [0.05, 0.1) is 18.8 Å². The number of carbonyl (C=O) groups excluding carboxylic acids is 1. The summed E-state index contributed by atoms with van der Waals surface area (Å²) in [7, 11) is 0. The third-order valence-electron chi connectivity index (χ3n) is 3.10. The SMILES string of the molecule is Cc1cc(C)n(CC(C)CNC(=O)c2cc(Br)sc2Br)n1. The van der Waals surface area contributed by atoms with E-state index in [0.717, 1.165) is 25.5 Å². The van der Waals surface area contributed by atoms with Gasteiger partial charge in [-0.05, 0) is 63.8 Å². The lowest BCUT2D eigenvalue weighted by Gasteiger charge is -2.13. The van der Waals surface area contributed by atoms with E-state index in [-0.39, 0.29) is 5.91 Å². The second-order valence-electron chi connectivity index (χ2n) is 5.16. The first-order chi connectivity index (χ1) is 9.86. The van der Waals surface area contributed by atoms with Crippen LogP contribution >= 0.6 is 43.2 Å². The summed E-state index contributed by atoms with van der Waals surface area (Å²) in [4.78, 5) is 12.1. The fourth-order valence-electron chi connectivity index (χ4n) is 2.08. The normalized spacial score (nSPS) is 12.4. The van der Waals surface area contributed by atoms with E-state index in [1.165, 1.54) is 11.3 Å². The Hall–Kier alpha value is -0.660. The predicted octanol–water partition coefficient (Wildman–Crippen LogP) is 4.15. The van der Waals surface area contributed by atoms with E-state index in [0.29, 0.717) is 18.0 Å². The summed E-state index contributed by atoms with van der Waals surface area (Å²) < 4.78 is 3.77. The average Bonchev–Trinajstić information content (AvgIpc) is 2.89. The number of aryl methyl sites for hydroxylation is 2. The largest absolute Gasteiger partial charge is 0.352 e. The van der Waals surface area contributed by atoms with Crippen molar-refractivity contribution in [3.63, 3.8) is 0 Å². The number of nitrogens with zero attached hydrogens (tertiary/aromatic N) is 2. The van der Waals surface area contributed by atoms with Gasteiger partial charge >= 0.3 is 0 Å². The van der Waals surface area contributed by atoms with Crippen LogP contribution in [0.4, 0.5) is 0 Å². The highest BCUT2D eigenvalue weighted by molar-refractivity contribution is 9.12. The van der Waals surface area contributed by atoms with Crippen LogP contribution in [0, 0.1) is 19.8 Å². The third-order valence-corrected chi connectivity index (χ3v) is 5.44. The van der Waals surface area contributed by atoms with Crippen LogP contribution in [0.15, 0.2) is 19.7 Å². The van der Waals surface area contributed by atoms with Crippen LogP contribution in [0.5, 0.6) is 0 Å². The van der Waals surface area contributed by atoms with Gasteiger partial charge in [0.2, 0.25) is 0 Å². The van der Waals surface area contributed by atoms with E-state index in [1.54, 1.807) is 0 Å². The lowest BCUT2D eigenvalue weighted by atomic mass is 10.1. The smallest absolute Gasteiger partial charge is 0.253 e. The van der Waals surface area contributed by atoms with Crippen molar-refractivity contribution in [3.8, 4) is 0 Å². The average molecular weight is 435 g/mol. The Morgan fingerprint density at radius 2 is 2.14 bits per heavy atom. The summed E-state index contributed by atoms with van der Waals surface area (Å²) in [6.45, 7) is 7.56. The number of rotatable bonds is 5. The Kier molecular flexibility index (Phi) is 5.62. The lowest BCUT2D eigenvalue weighted by Crippen LogP contribution is -2.30. The number of nitrogens with one attached hydrogen (secondary N) is 1. The maximum atomic E-state index is 12.1. The first kappa shape index (κ1) is 16.7. The number of hydrogen-bond donors (Lipinski definition) is 1. The van der Waals surface area contributed by atoms with Gasteiger partial charge in [0, 0.05) is 18.8 Å². The van der Waals surface area contributed by atoms with Crippen molar-refractivity contribution in [2.45, 2.75) is 27.3 Å². The maximum absolute atomic E-state index is 12.1. The standard InChI is InChI=1S/C14H17Br2N3OS/c1-8(7-19-10(3)4-9(2)18-19)6-17-14(20)11-5-12(15)21-13(11)16/h4-5,8H,6-7H2,1-3H3,(H,17,20). The van der Waals surface area contributed by atoms with Gasteiger partial charge in [-0.15, -0.1) is 11.3 Å². The molecule has 2 aromatic rings. The molecule has 0 aliphatic heterocycles. The molecule has 0 bridgehead atoms. The Morgan fingerprint density at radius 3 is 2.67 bits per heavy atom. The van der Waals surface area contributed by atoms with Gasteiger partial charge in [0.25, 0.3) is 5.91 Å². The number of thiophene rings is 1. The van der Waals surface area contributed by atoms with Gasteiger partial charge in [-0.2, -0.15) is 5.10 Å². The summed E-state index contributed by atoms with van der Waals surface area (Å²) in [5.74, 6) is 0.261. The minimum absolute atomic E-state index is 0.0518. The van der Waals surface area contributed by atoms with E-state index in [4.69, 9.17) is 0 Å². The van der Waals surface area contributed by atoms with Crippen LogP contribution in [-0.2, 0) is 6.54 Å². The maximum Gasteiger partial charge on any atom is 0.253 e. The van der Waals surface area contributed by atoms with E-state index in [1.807, 2.05) is 24.6 Å². The number of aromatic nitrogens is 2. The number of hydrogen-bond acceptors (Lipinski definition) is 3. The highest BCUT2D eigenvalue weighted by atomic mass is 79.9. The van der Waals surface area contributed by atoms with Crippen LogP contribution < -0.4 is 5.32 Å². The zero-order chi connectivity index (χ0) is 15.6. The molecular formula is C14H17Br2N3OS. The quantitative estimate of drug-likeness (QED) is 0.768. The summed E-state index contributed by atoms with van der Waals surface area (Å²) >= 11 is 8.28. The van der Waals surface area contributed by atoms with Gasteiger partial charge in [0.15, 0.2) is 0 Å². The molecule has 1 N–H and O–H groups in total. The van der Waals surface area contributed by atoms with Crippen molar-refractivity contribution in [3.05, 3.63) is 36.7 Å². The molecule has 0 aliphatic carbocycles. The first-order valence-corrected chi connectivity index (χ1v) is 9.01. The molecular weight excluding hydrogens is 418 g/mol. The van der Waals surface area contributed by atoms with Crippen LogP contribution in [0.25, 0.3) is 0 Å². The molecule has 2 rings (SSSR count). The molecule has 21 heavy (non-hydrogen) atoms. The van der Waals surface area contributed by atoms with Gasteiger partial charge in [-0.3, -0.25) is 9.48 Å². The molecule has 1 unspecified atom stereocenters. The Balaban J connectivity index is 1.89. The van der Waals surface area contributed by atoms with E-state index in [2.05, 4.69) is 55.3 Å². The zero-order valence-corrected chi connectivity index (χ0v) is 16.1. The highest BCUT2D eigenvalue weighted by Gasteiger charge is 2.15. The van der Waals surface area contributed by atoms with Crippen molar-refractivity contribution in [2.75, 3.05) is 6.54 Å². The minimum atomic E-state index is -0.0518. The molecule has 2 heterocycles. The van der Waals surface area contributed by atoms with Crippen LogP contribution in [0.3, 0.4) is 0 Å². The molecule has 0 saturated heterocycles. The zero-order valence-electron chi connectivity index (χ0n) is 12.1. The molecule has 0 aliphatic rings. The van der Waals surface area contributed by atoms with E-state index < -0.39 is 0 Å². The van der Waals surface area contributed by atoms with Gasteiger partial charge in [-0.1, -0.05) is 6.92 Å². The van der Waals surface area contributed by atoms with E-state index in [9.17, 15) is 4.79 Å². The molecule has 7 heteroatoms. The summed E-state index contributed by atoms with van der Waals surface area (Å²) in [6.07, 6.45) is 0. The molecule has 1 amide bonds. The van der Waals surface area contributed by atoms with Crippen molar-refractivity contribution >= 4 is 49.1 Å². The summed E-state index contributed by atoms with van der Waals surface area (Å²) in [6, 6.07) is 3.89. The van der Waals surface area contributed by atoms with Crippen LogP contribution in [0.2, 0.25) is 0 Å². The van der Waals surface area contributed by atoms with Crippen molar-refractivity contribution in [1.29, 1.82) is 0 Å². The van der Waals surface area contributed by atoms with E-state index >= 15 is 0 Å². The Morgan fingerprint density at radius 1 is 1.43 bits per heavy atom. The molecule has 0 aromatic carbocycles. The number of carbonyl (C=O) groups is 1. The molecule has 1 atom stereocenters. The fourth-order valence-corrected chi connectivity index (χ4v) is 4.87. The van der Waals surface area contributed by atoms with Crippen LogP contribution in [0.1, 0.15) is 28.7 Å². The fraction of sp³-hybridized carbons (Fsp3) is 0.429. The minimum Gasteiger partial charge on any atom is -0.352 e. The van der Waals surface area contributed by atoms with Crippen LogP contribution in [-0.4, -0.2) is 22.2 Å². The molecule has 0 spiro atoms. The second kappa shape index (κ2) is 7.07. The van der Waals surface area contributed by atoms with Crippen molar-refractivity contribution in [1.82, 2.24) is 15.1 Å². The first-order valence-electron chi connectivity index (χ1n) is 6.61. The lowest BCUT2D eigenvalue weighted by molar-refractivity contribution is 0.0946. The number of halogens is 2. The van der Waals surface area contributed by atoms with Crippen molar-refractivity contribution in [2.24, 2.45) is 5.92 Å². The highest BCUT2D eigenvalue weighted by Crippen LogP contribution is 2.31. The topological polar surface area (TPSA) is 46.9 Å². The van der Waals surface area contributed by atoms with Crippen molar-refractivity contribution < 1.29 is 4.79 Å². The van der Waals surface area contributed by atoms with Gasteiger partial charge < -0.3 is 5.32 Å². The predicted molar refractivity (Wildman–Crippen MR) is 92.9 cm³/mol. The molecule has 2 aromatic heterocycles. The summed E-state index contributed by atoms with van der Waals surface area (Å²) in [5.41, 5.74) is 2.84. The number of amides is 1. The molecule has 0 radical (unpaired) electrons. The second-order valence-corrected chi connectivity index (χ2v) is 8.91. The Labute approximate surface area is 145 Å². The monoisotopic (exact) mass is 433 g/mol. The Bertz CT molecular complexity index is 651. The molecule has 114 valence electrons. The third kappa shape index (κ3) is 4.40. The van der Waals surface area contributed by atoms with Gasteiger partial charge in [-0.25, -0.2) is 0 Å².